The third-order valence-corrected chi connectivity index (χ3v) is 10.4. The van der Waals surface area contributed by atoms with E-state index in [0.717, 1.165) is 17.7 Å². The number of nitrogens with zero attached hydrogens (tertiary/aromatic N) is 7. The maximum atomic E-state index is 15.8. The Balaban J connectivity index is 1.39. The molecule has 0 radical (unpaired) electrons. The lowest BCUT2D eigenvalue weighted by Crippen LogP contribution is -2.67. The van der Waals surface area contributed by atoms with E-state index in [1.807, 2.05) is 87.3 Å². The van der Waals surface area contributed by atoms with Crippen molar-refractivity contribution in [3.63, 3.8) is 0 Å². The first kappa shape index (κ1) is 39.7. The summed E-state index contributed by atoms with van der Waals surface area (Å²) in [6.45, 7) is 8.62. The number of carbonyl (C=O) groups is 1. The molecule has 302 valence electrons. The molecule has 17 heteroatoms. The second-order valence-electron chi connectivity index (χ2n) is 15.2. The van der Waals surface area contributed by atoms with Crippen molar-refractivity contribution >= 4 is 5.97 Å². The van der Waals surface area contributed by atoms with Crippen molar-refractivity contribution in [2.75, 3.05) is 38.5 Å². The number of esters is 1. The Morgan fingerprint density at radius 1 is 1.11 bits per heavy atom. The summed E-state index contributed by atoms with van der Waals surface area (Å²) >= 11 is 0. The van der Waals surface area contributed by atoms with Crippen LogP contribution in [0.4, 0.5) is 8.78 Å². The number of methoxy groups -OCH3 is 1. The summed E-state index contributed by atoms with van der Waals surface area (Å²) in [5, 5.41) is 16.1. The maximum Gasteiger partial charge on any atom is 0.364 e. The lowest BCUT2D eigenvalue weighted by atomic mass is 9.90. The number of para-hydroxylation sites is 1. The Kier molecular flexibility index (Phi) is 11.5. The van der Waals surface area contributed by atoms with Crippen molar-refractivity contribution in [2.45, 2.75) is 70.7 Å². The molecule has 2 saturated heterocycles. The fraction of sp³-hybridized carbons (Fsp3) is 0.425. The Labute approximate surface area is 328 Å². The molecular weight excluding hydrogens is 740 g/mol. The number of rotatable bonds is 13. The molecule has 0 bridgehead atoms. The maximum absolute atomic E-state index is 15.8. The number of H-pyrrole nitrogens is 1. The van der Waals surface area contributed by atoms with Gasteiger partial charge in [0.1, 0.15) is 54.8 Å². The molecular formula is C40H47F2N9O6. The van der Waals surface area contributed by atoms with Gasteiger partial charge >= 0.3 is 11.7 Å². The van der Waals surface area contributed by atoms with Gasteiger partial charge in [0.25, 0.3) is 0 Å². The first-order valence-electron chi connectivity index (χ1n) is 18.8. The average molecular weight is 788 g/mol. The first-order chi connectivity index (χ1) is 27.4. The van der Waals surface area contributed by atoms with Gasteiger partial charge < -0.3 is 24.3 Å². The highest BCUT2D eigenvalue weighted by Crippen LogP contribution is 2.41. The SMILES string of the molecule is COc1ccccc1C1CNCCN1N([C@@H](CC(=O)OC(C)C(C)(C)C)C1COC(Cn2cncn2)(c2ccc(F)cc2F)O1)n1nc(-c2ccccc2)[nH]c1=O. The van der Waals surface area contributed by atoms with Crippen LogP contribution >= 0.6 is 0 Å². The van der Waals surface area contributed by atoms with Gasteiger partial charge in [0.2, 0.25) is 5.79 Å². The molecule has 5 atom stereocenters. The quantitative estimate of drug-likeness (QED) is 0.164. The van der Waals surface area contributed by atoms with Crippen molar-refractivity contribution in [3.8, 4) is 17.1 Å². The summed E-state index contributed by atoms with van der Waals surface area (Å²) in [6.07, 6.45) is 0.882. The molecule has 2 N–H and O–H groups in total. The molecule has 4 unspecified atom stereocenters. The van der Waals surface area contributed by atoms with E-state index >= 15 is 4.39 Å². The van der Waals surface area contributed by atoms with Crippen LogP contribution in [0, 0.1) is 17.0 Å². The second kappa shape index (κ2) is 16.5. The monoisotopic (exact) mass is 787 g/mol. The summed E-state index contributed by atoms with van der Waals surface area (Å²) in [6, 6.07) is 18.3. The number of hydrazine groups is 1. The summed E-state index contributed by atoms with van der Waals surface area (Å²) in [4.78, 5) is 36.6. The third-order valence-electron chi connectivity index (χ3n) is 10.4. The average Bonchev–Trinajstić information content (AvgIpc) is 3.96. The minimum atomic E-state index is -1.86. The highest BCUT2D eigenvalue weighted by atomic mass is 19.1. The Hall–Kier alpha value is -5.49. The van der Waals surface area contributed by atoms with Gasteiger partial charge in [0.15, 0.2) is 5.82 Å². The van der Waals surface area contributed by atoms with Gasteiger partial charge in [-0.3, -0.25) is 9.78 Å². The number of benzene rings is 3. The topological polar surface area (TPSA) is 154 Å². The van der Waals surface area contributed by atoms with Crippen LogP contribution < -0.4 is 20.9 Å². The summed E-state index contributed by atoms with van der Waals surface area (Å²) < 4.78 is 56.6. The number of hydrogen-bond donors (Lipinski definition) is 2. The van der Waals surface area contributed by atoms with Crippen LogP contribution in [0.1, 0.15) is 51.3 Å². The highest BCUT2D eigenvalue weighted by molar-refractivity contribution is 5.71. The molecule has 7 rings (SSSR count). The number of nitrogens with one attached hydrogen (secondary N) is 2. The van der Waals surface area contributed by atoms with Crippen LogP contribution in [0.3, 0.4) is 0 Å². The van der Waals surface area contributed by atoms with E-state index in [9.17, 15) is 14.0 Å². The van der Waals surface area contributed by atoms with Gasteiger partial charge in [-0.25, -0.2) is 28.4 Å². The number of aromatic amines is 1. The van der Waals surface area contributed by atoms with Gasteiger partial charge in [-0.2, -0.15) is 10.1 Å². The van der Waals surface area contributed by atoms with Crippen LogP contribution in [-0.4, -0.2) is 92.2 Å². The van der Waals surface area contributed by atoms with Crippen LogP contribution in [-0.2, 0) is 31.3 Å². The minimum Gasteiger partial charge on any atom is -0.496 e. The van der Waals surface area contributed by atoms with E-state index in [0.29, 0.717) is 30.9 Å². The van der Waals surface area contributed by atoms with Crippen molar-refractivity contribution in [1.82, 2.24) is 40.0 Å². The number of halogens is 2. The number of piperazine rings is 1. The van der Waals surface area contributed by atoms with Crippen molar-refractivity contribution in [1.29, 1.82) is 0 Å². The Morgan fingerprint density at radius 2 is 1.88 bits per heavy atom. The predicted molar refractivity (Wildman–Crippen MR) is 204 cm³/mol. The van der Waals surface area contributed by atoms with E-state index < -0.39 is 53.4 Å². The zero-order valence-electron chi connectivity index (χ0n) is 32.5. The zero-order valence-corrected chi connectivity index (χ0v) is 32.5. The normalized spacial score (nSPS) is 21.2. The molecule has 15 nitrogen and oxygen atoms in total. The molecule has 0 aliphatic carbocycles. The molecule has 2 aliphatic rings. The molecule has 0 spiro atoms. The number of aromatic nitrogens is 6. The van der Waals surface area contributed by atoms with Gasteiger partial charge in [-0.05, 0) is 30.5 Å². The zero-order chi connectivity index (χ0) is 40.3. The standard InChI is InChI=1S/C40H47F2N9O6/c1-26(39(2,3)4)56-36(52)20-32(35-22-55-40(57-35,23-48-25-44-24-45-48)30-16-15-28(41)19-31(30)42)51(50-38(53)46-37(47-50)27-11-7-6-8-12-27)49-18-17-43-21-33(49)29-13-9-10-14-34(29)54-5/h6-16,19,24-26,32-33,35,43H,17-18,20-23H2,1-5H3,(H,46,47,53)/t26?,32-,33?,35?,40?/m0/s1. The third kappa shape index (κ3) is 8.46. The van der Waals surface area contributed by atoms with Crippen molar-refractivity contribution in [3.05, 3.63) is 119 Å². The molecule has 3 aromatic carbocycles. The molecule has 4 heterocycles. The Morgan fingerprint density at radius 3 is 2.60 bits per heavy atom. The number of hydrogen-bond acceptors (Lipinski definition) is 12. The van der Waals surface area contributed by atoms with Gasteiger partial charge in [0, 0.05) is 42.4 Å². The smallest absolute Gasteiger partial charge is 0.364 e. The fourth-order valence-electron chi connectivity index (χ4n) is 7.08. The molecule has 2 fully saturated rings. The summed E-state index contributed by atoms with van der Waals surface area (Å²) in [5.41, 5.74) is 0.397. The van der Waals surface area contributed by atoms with Crippen molar-refractivity contribution in [2.24, 2.45) is 5.41 Å². The molecule has 2 aromatic heterocycles. The lowest BCUT2D eigenvalue weighted by molar-refractivity contribution is -0.195. The van der Waals surface area contributed by atoms with Gasteiger partial charge in [-0.15, -0.1) is 9.89 Å². The second-order valence-corrected chi connectivity index (χ2v) is 15.2. The molecule has 0 saturated carbocycles. The number of carbonyl (C=O) groups excluding carboxylic acids is 1. The predicted octanol–water partition coefficient (Wildman–Crippen LogP) is 4.32. The van der Waals surface area contributed by atoms with Crippen LogP contribution in [0.25, 0.3) is 11.4 Å². The van der Waals surface area contributed by atoms with Crippen LogP contribution in [0.5, 0.6) is 5.75 Å². The molecule has 5 aromatic rings. The largest absolute Gasteiger partial charge is 0.496 e. The van der Waals surface area contributed by atoms with E-state index in [-0.39, 0.29) is 36.4 Å². The molecule has 57 heavy (non-hydrogen) atoms. The lowest BCUT2D eigenvalue weighted by Gasteiger charge is -2.47. The first-order valence-corrected chi connectivity index (χ1v) is 18.8. The summed E-state index contributed by atoms with van der Waals surface area (Å²) in [7, 11) is 1.59. The van der Waals surface area contributed by atoms with E-state index in [1.165, 1.54) is 28.2 Å². The molecule has 2 aliphatic heterocycles. The molecule has 0 amide bonds. The van der Waals surface area contributed by atoms with Gasteiger partial charge in [-0.1, -0.05) is 69.3 Å². The van der Waals surface area contributed by atoms with Gasteiger partial charge in [0.05, 0.1) is 26.2 Å². The number of ether oxygens (including phenoxy) is 4. The van der Waals surface area contributed by atoms with E-state index in [1.54, 1.807) is 12.2 Å². The summed E-state index contributed by atoms with van der Waals surface area (Å²) in [5.74, 6) is -3.22. The minimum absolute atomic E-state index is 0.0893. The van der Waals surface area contributed by atoms with Crippen molar-refractivity contribution < 1.29 is 32.5 Å². The van der Waals surface area contributed by atoms with Crippen LogP contribution in [0.2, 0.25) is 0 Å². The van der Waals surface area contributed by atoms with E-state index in [4.69, 9.17) is 24.0 Å². The van der Waals surface area contributed by atoms with Crippen LogP contribution in [0.15, 0.2) is 90.2 Å². The Bertz CT molecular complexity index is 2200. The highest BCUT2D eigenvalue weighted by Gasteiger charge is 2.52. The van der Waals surface area contributed by atoms with E-state index in [2.05, 4.69) is 20.4 Å². The fourth-order valence-corrected chi connectivity index (χ4v) is 7.08.